The van der Waals surface area contributed by atoms with Crippen LogP contribution in [0.1, 0.15) is 27.2 Å². The van der Waals surface area contributed by atoms with Crippen molar-refractivity contribution in [3.8, 4) is 0 Å². The van der Waals surface area contributed by atoms with Crippen molar-refractivity contribution < 1.29 is 41.4 Å². The fraction of sp³-hybridized carbons (Fsp3) is 0.412. The Bertz CT molecular complexity index is 882. The second-order valence-corrected chi connectivity index (χ2v) is 6.63. The molecule has 0 aliphatic heterocycles. The summed E-state index contributed by atoms with van der Waals surface area (Å²) in [5.74, 6) is -15.3. The lowest BCUT2D eigenvalue weighted by molar-refractivity contribution is -0.152. The zero-order valence-corrected chi connectivity index (χ0v) is 14.9. The maximum atomic E-state index is 13.7. The van der Waals surface area contributed by atoms with Crippen LogP contribution in [-0.4, -0.2) is 23.5 Å². The number of allylic oxidation sites excluding steroid dienone is 1. The smallest absolute Gasteiger partial charge is 0.317 e. The normalized spacial score (nSPS) is 19.4. The lowest BCUT2D eigenvalue weighted by atomic mass is 9.70. The number of ether oxygens (including phenoxy) is 1. The first-order valence-corrected chi connectivity index (χ1v) is 8.00. The van der Waals surface area contributed by atoms with Crippen LogP contribution < -0.4 is 0 Å². The minimum atomic E-state index is -2.38. The van der Waals surface area contributed by atoms with E-state index in [2.05, 4.69) is 10.2 Å². The highest BCUT2D eigenvalue weighted by Crippen LogP contribution is 2.43. The highest BCUT2D eigenvalue weighted by Gasteiger charge is 2.47. The van der Waals surface area contributed by atoms with Gasteiger partial charge in [0.25, 0.3) is 0 Å². The molecule has 1 aromatic rings. The van der Waals surface area contributed by atoms with Gasteiger partial charge in [-0.3, -0.25) is 9.59 Å². The lowest BCUT2D eigenvalue weighted by Gasteiger charge is -2.35. The summed E-state index contributed by atoms with van der Waals surface area (Å²) >= 11 is 0. The molecule has 0 heterocycles. The monoisotopic (exact) mass is 406 g/mol. The van der Waals surface area contributed by atoms with Crippen molar-refractivity contribution in [2.75, 3.05) is 6.61 Å². The predicted molar refractivity (Wildman–Crippen MR) is 83.9 cm³/mol. The van der Waals surface area contributed by atoms with Crippen LogP contribution >= 0.6 is 0 Å². The summed E-state index contributed by atoms with van der Waals surface area (Å²) in [4.78, 5) is 24.3. The first-order valence-electron chi connectivity index (χ1n) is 8.00. The number of hydrogen-bond acceptors (Lipinski definition) is 6. The molecule has 0 amide bonds. The Labute approximate surface area is 155 Å². The van der Waals surface area contributed by atoms with Gasteiger partial charge in [-0.1, -0.05) is 13.8 Å². The van der Waals surface area contributed by atoms with E-state index in [9.17, 15) is 36.6 Å². The van der Waals surface area contributed by atoms with Crippen LogP contribution in [0.5, 0.6) is 0 Å². The van der Waals surface area contributed by atoms with Gasteiger partial charge in [-0.15, -0.1) is 10.2 Å². The number of nitrogens with zero attached hydrogens (tertiary/aromatic N) is 2. The third-order valence-corrected chi connectivity index (χ3v) is 4.14. The second-order valence-electron chi connectivity index (χ2n) is 6.63. The maximum absolute atomic E-state index is 13.7. The first-order chi connectivity index (χ1) is 12.9. The summed E-state index contributed by atoms with van der Waals surface area (Å²) in [6.07, 6.45) is -0.313. The largest absolute Gasteiger partial charge is 0.509 e. The molecule has 11 heteroatoms. The molecular weight excluding hydrogens is 391 g/mol. The lowest BCUT2D eigenvalue weighted by Crippen LogP contribution is -2.40. The minimum Gasteiger partial charge on any atom is -0.509 e. The Morgan fingerprint density at radius 1 is 1.07 bits per heavy atom. The number of aliphatic hydroxyl groups is 1. The fourth-order valence-corrected chi connectivity index (χ4v) is 2.79. The average molecular weight is 406 g/mol. The summed E-state index contributed by atoms with van der Waals surface area (Å²) < 4.78 is 71.7. The summed E-state index contributed by atoms with van der Waals surface area (Å²) in [7, 11) is 0. The van der Waals surface area contributed by atoms with Crippen molar-refractivity contribution in [3.63, 3.8) is 0 Å². The van der Waals surface area contributed by atoms with Crippen molar-refractivity contribution >= 4 is 17.4 Å². The molecule has 1 atom stereocenters. The topological polar surface area (TPSA) is 88.3 Å². The molecule has 0 radical (unpaired) electrons. The van der Waals surface area contributed by atoms with Gasteiger partial charge in [0.15, 0.2) is 40.4 Å². The van der Waals surface area contributed by atoms with Gasteiger partial charge in [0.05, 0.1) is 6.61 Å². The van der Waals surface area contributed by atoms with E-state index in [1.807, 2.05) is 0 Å². The Morgan fingerprint density at radius 3 is 2.07 bits per heavy atom. The number of azo groups is 1. The molecule has 0 aromatic heterocycles. The van der Waals surface area contributed by atoms with Crippen LogP contribution in [0.15, 0.2) is 21.7 Å². The maximum Gasteiger partial charge on any atom is 0.317 e. The van der Waals surface area contributed by atoms with E-state index in [4.69, 9.17) is 4.74 Å². The Hall–Kier alpha value is -2.85. The average Bonchev–Trinajstić information content (AvgIpc) is 2.59. The molecule has 1 unspecified atom stereocenters. The summed E-state index contributed by atoms with van der Waals surface area (Å²) in [6, 6.07) is 0. The Kier molecular flexibility index (Phi) is 5.86. The molecule has 0 bridgehead atoms. The van der Waals surface area contributed by atoms with Crippen LogP contribution in [0.3, 0.4) is 0 Å². The molecule has 6 nitrogen and oxygen atoms in total. The third kappa shape index (κ3) is 3.60. The zero-order chi connectivity index (χ0) is 21.4. The van der Waals surface area contributed by atoms with Crippen LogP contribution in [-0.2, 0) is 14.3 Å². The van der Waals surface area contributed by atoms with Crippen LogP contribution in [0.2, 0.25) is 0 Å². The molecule has 1 aliphatic rings. The van der Waals surface area contributed by atoms with Crippen LogP contribution in [0.4, 0.5) is 27.6 Å². The molecule has 2 rings (SSSR count). The molecule has 0 saturated heterocycles. The SMILES string of the molecule is CCOC(=O)C1C(O)=C(/N=N/c2c(F)c(F)c(F)c(F)c2F)C(=O)CC1(C)C. The van der Waals surface area contributed by atoms with Crippen molar-refractivity contribution in [3.05, 3.63) is 40.5 Å². The van der Waals surface area contributed by atoms with Crippen molar-refractivity contribution in [2.24, 2.45) is 21.6 Å². The van der Waals surface area contributed by atoms with Gasteiger partial charge in [0.2, 0.25) is 5.82 Å². The van der Waals surface area contributed by atoms with E-state index in [0.717, 1.165) is 0 Å². The molecule has 1 aromatic carbocycles. The summed E-state index contributed by atoms with van der Waals surface area (Å²) in [5, 5.41) is 16.4. The van der Waals surface area contributed by atoms with Gasteiger partial charge in [-0.05, 0) is 12.3 Å². The summed E-state index contributed by atoms with van der Waals surface area (Å²) in [5.41, 5.74) is -3.54. The van der Waals surface area contributed by atoms with Gasteiger partial charge in [0.1, 0.15) is 11.7 Å². The molecule has 1 aliphatic carbocycles. The van der Waals surface area contributed by atoms with Crippen molar-refractivity contribution in [1.82, 2.24) is 0 Å². The number of Topliss-reactive ketones (excluding diaryl/α,β-unsaturated/α-hetero) is 1. The number of ketones is 1. The molecule has 28 heavy (non-hydrogen) atoms. The number of esters is 1. The van der Waals surface area contributed by atoms with Gasteiger partial charge >= 0.3 is 5.97 Å². The van der Waals surface area contributed by atoms with Crippen molar-refractivity contribution in [2.45, 2.75) is 27.2 Å². The molecule has 152 valence electrons. The molecular formula is C17H15F5N2O4. The predicted octanol–water partition coefficient (Wildman–Crippen LogP) is 4.41. The van der Waals surface area contributed by atoms with Crippen LogP contribution in [0, 0.1) is 40.4 Å². The summed E-state index contributed by atoms with van der Waals surface area (Å²) in [6.45, 7) is 4.50. The highest BCUT2D eigenvalue weighted by molar-refractivity contribution is 5.99. The van der Waals surface area contributed by atoms with Crippen molar-refractivity contribution in [1.29, 1.82) is 0 Å². The van der Waals surface area contributed by atoms with E-state index in [1.165, 1.54) is 20.8 Å². The fourth-order valence-electron chi connectivity index (χ4n) is 2.79. The molecule has 0 saturated carbocycles. The van der Waals surface area contributed by atoms with E-state index >= 15 is 0 Å². The number of benzene rings is 1. The van der Waals surface area contributed by atoms with E-state index < -0.39 is 69.3 Å². The quantitative estimate of drug-likeness (QED) is 0.264. The number of aliphatic hydroxyl groups excluding tert-OH is 1. The van der Waals surface area contributed by atoms with E-state index in [-0.39, 0.29) is 13.0 Å². The number of rotatable bonds is 4. The van der Waals surface area contributed by atoms with Gasteiger partial charge in [-0.25, -0.2) is 22.0 Å². The standard InChI is InChI=1S/C17H15F5N2O4/c1-4-28-16(27)7-15(26)13(6(25)5-17(7,2)3)23-24-14-11(21)9(19)8(18)10(20)12(14)22/h7,26H,4-5H2,1-3H3/b24-23+. The Morgan fingerprint density at radius 2 is 1.57 bits per heavy atom. The second kappa shape index (κ2) is 7.64. The van der Waals surface area contributed by atoms with Crippen LogP contribution in [0.25, 0.3) is 0 Å². The van der Waals surface area contributed by atoms with Gasteiger partial charge < -0.3 is 9.84 Å². The van der Waals surface area contributed by atoms with Gasteiger partial charge in [-0.2, -0.15) is 0 Å². The number of halogens is 5. The first kappa shape index (κ1) is 21.5. The zero-order valence-electron chi connectivity index (χ0n) is 14.9. The Balaban J connectivity index is 2.57. The minimum absolute atomic E-state index is 0.0198. The molecule has 0 spiro atoms. The molecule has 1 N–H and O–H groups in total. The number of hydrogen-bond donors (Lipinski definition) is 1. The van der Waals surface area contributed by atoms with E-state index in [0.29, 0.717) is 0 Å². The number of carbonyl (C=O) groups excluding carboxylic acids is 2. The third-order valence-electron chi connectivity index (χ3n) is 4.14. The number of carbonyl (C=O) groups is 2. The van der Waals surface area contributed by atoms with Gasteiger partial charge in [0, 0.05) is 6.42 Å². The highest BCUT2D eigenvalue weighted by atomic mass is 19.2. The molecule has 0 fully saturated rings. The van der Waals surface area contributed by atoms with E-state index in [1.54, 1.807) is 0 Å².